The first-order valence-corrected chi connectivity index (χ1v) is 6.05. The molecule has 108 valence electrons. The van der Waals surface area contributed by atoms with Gasteiger partial charge in [0.2, 0.25) is 0 Å². The number of nitrogens with one attached hydrogen (secondary N) is 1. The van der Waals surface area contributed by atoms with Gasteiger partial charge >= 0.3 is 6.36 Å². The van der Waals surface area contributed by atoms with Gasteiger partial charge < -0.3 is 10.1 Å². The van der Waals surface area contributed by atoms with Gasteiger partial charge in [0, 0.05) is 18.3 Å². The Hall–Kier alpha value is -2.68. The van der Waals surface area contributed by atoms with Crippen molar-refractivity contribution in [2.75, 3.05) is 5.32 Å². The van der Waals surface area contributed by atoms with E-state index in [0.29, 0.717) is 17.8 Å². The summed E-state index contributed by atoms with van der Waals surface area (Å²) in [6.07, 6.45) is -4.72. The molecule has 0 unspecified atom stereocenters. The van der Waals surface area contributed by atoms with Gasteiger partial charge in [0.1, 0.15) is 5.75 Å². The summed E-state index contributed by atoms with van der Waals surface area (Å²) >= 11 is 0. The first-order valence-electron chi connectivity index (χ1n) is 6.05. The lowest BCUT2D eigenvalue weighted by Crippen LogP contribution is -2.17. The number of nitrogens with zero attached hydrogens (tertiary/aromatic N) is 1. The molecule has 6 heteroatoms. The Labute approximate surface area is 119 Å². The van der Waals surface area contributed by atoms with E-state index in [1.165, 1.54) is 18.2 Å². The highest BCUT2D eigenvalue weighted by Crippen LogP contribution is 2.25. The lowest BCUT2D eigenvalue weighted by atomic mass is 10.1. The van der Waals surface area contributed by atoms with E-state index in [-0.39, 0.29) is 5.75 Å². The van der Waals surface area contributed by atoms with E-state index in [1.54, 1.807) is 30.3 Å². The molecule has 0 aliphatic heterocycles. The normalized spacial score (nSPS) is 10.8. The zero-order valence-corrected chi connectivity index (χ0v) is 10.8. The van der Waals surface area contributed by atoms with Crippen molar-refractivity contribution in [3.63, 3.8) is 0 Å². The van der Waals surface area contributed by atoms with Crippen LogP contribution in [0, 0.1) is 11.3 Å². The van der Waals surface area contributed by atoms with E-state index < -0.39 is 6.36 Å². The summed E-state index contributed by atoms with van der Waals surface area (Å²) in [7, 11) is 0. The predicted molar refractivity (Wildman–Crippen MR) is 71.6 cm³/mol. The highest BCUT2D eigenvalue weighted by atomic mass is 19.4. The smallest absolute Gasteiger partial charge is 0.406 e. The molecule has 0 saturated heterocycles. The molecule has 2 rings (SSSR count). The maximum Gasteiger partial charge on any atom is 0.573 e. The Bertz CT molecular complexity index is 662. The monoisotopic (exact) mass is 292 g/mol. The van der Waals surface area contributed by atoms with Crippen molar-refractivity contribution >= 4 is 5.69 Å². The minimum absolute atomic E-state index is 0.291. The molecule has 3 nitrogen and oxygen atoms in total. The Morgan fingerprint density at radius 3 is 2.57 bits per heavy atom. The van der Waals surface area contributed by atoms with Crippen LogP contribution >= 0.6 is 0 Å². The van der Waals surface area contributed by atoms with Crippen LogP contribution in [0.1, 0.15) is 11.1 Å². The average molecular weight is 292 g/mol. The number of hydrogen-bond donors (Lipinski definition) is 1. The van der Waals surface area contributed by atoms with Crippen LogP contribution in [0.2, 0.25) is 0 Å². The van der Waals surface area contributed by atoms with Gasteiger partial charge in [-0.15, -0.1) is 13.2 Å². The highest BCUT2D eigenvalue weighted by Gasteiger charge is 2.31. The number of halogens is 3. The molecule has 0 aliphatic rings. The first-order chi connectivity index (χ1) is 9.98. The summed E-state index contributed by atoms with van der Waals surface area (Å²) in [5.74, 6) is -0.291. The minimum atomic E-state index is -4.72. The SMILES string of the molecule is N#Cc1ccccc1CNc1cccc(OC(F)(F)F)c1. The van der Waals surface area contributed by atoms with Gasteiger partial charge in [-0.1, -0.05) is 24.3 Å². The average Bonchev–Trinajstić information content (AvgIpc) is 2.44. The van der Waals surface area contributed by atoms with Gasteiger partial charge in [0.05, 0.1) is 11.6 Å². The van der Waals surface area contributed by atoms with Crippen molar-refractivity contribution < 1.29 is 17.9 Å². The summed E-state index contributed by atoms with van der Waals surface area (Å²) in [6.45, 7) is 0.333. The molecular weight excluding hydrogens is 281 g/mol. The molecule has 0 atom stereocenters. The van der Waals surface area contributed by atoms with Crippen molar-refractivity contribution in [1.29, 1.82) is 5.26 Å². The van der Waals surface area contributed by atoms with Gasteiger partial charge in [0.15, 0.2) is 0 Å². The Balaban J connectivity index is 2.07. The minimum Gasteiger partial charge on any atom is -0.406 e. The third-order valence-electron chi connectivity index (χ3n) is 2.69. The van der Waals surface area contributed by atoms with Crippen LogP contribution in [0.4, 0.5) is 18.9 Å². The standard InChI is InChI=1S/C15H11F3N2O/c16-15(17,18)21-14-7-3-6-13(8-14)20-10-12-5-2-1-4-11(12)9-19/h1-8,20H,10H2. The van der Waals surface area contributed by atoms with E-state index in [0.717, 1.165) is 5.56 Å². The molecule has 21 heavy (non-hydrogen) atoms. The van der Waals surface area contributed by atoms with Crippen LogP contribution in [0.15, 0.2) is 48.5 Å². The third-order valence-corrected chi connectivity index (χ3v) is 2.69. The largest absolute Gasteiger partial charge is 0.573 e. The van der Waals surface area contributed by atoms with Crippen LogP contribution in [0.5, 0.6) is 5.75 Å². The molecule has 2 aromatic rings. The second kappa shape index (κ2) is 6.18. The fraction of sp³-hybridized carbons (Fsp3) is 0.133. The van der Waals surface area contributed by atoms with E-state index in [4.69, 9.17) is 5.26 Å². The summed E-state index contributed by atoms with van der Waals surface area (Å²) in [5.41, 5.74) is 1.76. The van der Waals surface area contributed by atoms with Crippen molar-refractivity contribution in [1.82, 2.24) is 0 Å². The number of ether oxygens (including phenoxy) is 1. The number of rotatable bonds is 4. The maximum absolute atomic E-state index is 12.1. The molecule has 0 bridgehead atoms. The third kappa shape index (κ3) is 4.42. The molecule has 0 saturated carbocycles. The lowest BCUT2D eigenvalue weighted by Gasteiger charge is -2.11. The highest BCUT2D eigenvalue weighted by molar-refractivity contribution is 5.49. The number of anilines is 1. The summed E-state index contributed by atoms with van der Waals surface area (Å²) in [4.78, 5) is 0. The van der Waals surface area contributed by atoms with Crippen LogP contribution in [0.25, 0.3) is 0 Å². The molecule has 0 fully saturated rings. The molecule has 0 spiro atoms. The second-order valence-corrected chi connectivity index (χ2v) is 4.20. The molecule has 1 N–H and O–H groups in total. The molecule has 0 heterocycles. The Morgan fingerprint density at radius 1 is 1.10 bits per heavy atom. The van der Waals surface area contributed by atoms with Gasteiger partial charge in [-0.25, -0.2) is 0 Å². The number of alkyl halides is 3. The van der Waals surface area contributed by atoms with E-state index >= 15 is 0 Å². The zero-order valence-electron chi connectivity index (χ0n) is 10.8. The van der Waals surface area contributed by atoms with E-state index in [9.17, 15) is 13.2 Å². The van der Waals surface area contributed by atoms with Crippen molar-refractivity contribution in [2.45, 2.75) is 12.9 Å². The fourth-order valence-corrected chi connectivity index (χ4v) is 1.78. The molecule has 0 aliphatic carbocycles. The van der Waals surface area contributed by atoms with Crippen molar-refractivity contribution in [2.24, 2.45) is 0 Å². The Kier molecular flexibility index (Phi) is 4.33. The Morgan fingerprint density at radius 2 is 1.86 bits per heavy atom. The van der Waals surface area contributed by atoms with Gasteiger partial charge in [0.25, 0.3) is 0 Å². The quantitative estimate of drug-likeness (QED) is 0.924. The summed E-state index contributed by atoms with van der Waals surface area (Å²) in [6, 6.07) is 14.6. The predicted octanol–water partition coefficient (Wildman–Crippen LogP) is 4.07. The summed E-state index contributed by atoms with van der Waals surface area (Å²) in [5, 5.41) is 11.9. The van der Waals surface area contributed by atoms with Crippen LogP contribution in [-0.4, -0.2) is 6.36 Å². The van der Waals surface area contributed by atoms with Gasteiger partial charge in [-0.05, 0) is 23.8 Å². The van der Waals surface area contributed by atoms with Gasteiger partial charge in [-0.2, -0.15) is 5.26 Å². The topological polar surface area (TPSA) is 45.0 Å². The maximum atomic E-state index is 12.1. The van der Waals surface area contributed by atoms with Crippen molar-refractivity contribution in [3.8, 4) is 11.8 Å². The molecule has 0 amide bonds. The number of hydrogen-bond acceptors (Lipinski definition) is 3. The van der Waals surface area contributed by atoms with E-state index in [1.807, 2.05) is 0 Å². The van der Waals surface area contributed by atoms with Crippen LogP contribution in [-0.2, 0) is 6.54 Å². The number of nitriles is 1. The van der Waals surface area contributed by atoms with Crippen LogP contribution < -0.4 is 10.1 Å². The summed E-state index contributed by atoms with van der Waals surface area (Å²) < 4.78 is 40.3. The van der Waals surface area contributed by atoms with Crippen LogP contribution in [0.3, 0.4) is 0 Å². The molecule has 0 radical (unpaired) electrons. The van der Waals surface area contributed by atoms with E-state index in [2.05, 4.69) is 16.1 Å². The molecular formula is C15H11F3N2O. The lowest BCUT2D eigenvalue weighted by molar-refractivity contribution is -0.274. The molecule has 0 aromatic heterocycles. The van der Waals surface area contributed by atoms with Gasteiger partial charge in [-0.3, -0.25) is 0 Å². The van der Waals surface area contributed by atoms with Crippen molar-refractivity contribution in [3.05, 3.63) is 59.7 Å². The number of benzene rings is 2. The fourth-order valence-electron chi connectivity index (χ4n) is 1.78. The first kappa shape index (κ1) is 14.7. The molecule has 2 aromatic carbocycles. The zero-order chi connectivity index (χ0) is 15.3. The second-order valence-electron chi connectivity index (χ2n) is 4.20.